The van der Waals surface area contributed by atoms with Crippen LogP contribution >= 0.6 is 0 Å². The second kappa shape index (κ2) is 8.20. The molecule has 1 aromatic rings. The Kier molecular flexibility index (Phi) is 6.88. The predicted molar refractivity (Wildman–Crippen MR) is 69.4 cm³/mol. The number of hydrogen-bond donors (Lipinski definition) is 1. The summed E-state index contributed by atoms with van der Waals surface area (Å²) in [5.41, 5.74) is 0.522. The number of aliphatic hydroxyl groups is 1. The molecule has 1 N–H and O–H groups in total. The van der Waals surface area contributed by atoms with E-state index in [2.05, 4.69) is 6.92 Å². The molecule has 1 atom stereocenters. The lowest BCUT2D eigenvalue weighted by molar-refractivity contribution is 0.160. The maximum Gasteiger partial charge on any atom is 0.126 e. The van der Waals surface area contributed by atoms with Gasteiger partial charge in [0.05, 0.1) is 6.10 Å². The molecule has 0 aliphatic rings. The summed E-state index contributed by atoms with van der Waals surface area (Å²) in [6.07, 6.45) is 6.22. The third-order valence-electron chi connectivity index (χ3n) is 3.03. The van der Waals surface area contributed by atoms with Crippen molar-refractivity contribution in [2.45, 2.75) is 58.0 Å². The molecule has 0 aromatic heterocycles. The van der Waals surface area contributed by atoms with Crippen molar-refractivity contribution in [3.05, 3.63) is 35.4 Å². The Morgan fingerprint density at radius 3 is 2.22 bits per heavy atom. The number of unbranched alkanes of at least 4 members (excludes halogenated alkanes) is 4. The second-order valence-corrected chi connectivity index (χ2v) is 4.84. The summed E-state index contributed by atoms with van der Waals surface area (Å²) in [6.45, 7) is 2.16. The third-order valence-corrected chi connectivity index (χ3v) is 3.03. The average Bonchev–Trinajstić information content (AvgIpc) is 2.27. The molecule has 0 bridgehead atoms. The van der Waals surface area contributed by atoms with E-state index in [0.29, 0.717) is 18.4 Å². The van der Waals surface area contributed by atoms with Crippen molar-refractivity contribution in [3.8, 4) is 0 Å². The first-order chi connectivity index (χ1) is 8.61. The van der Waals surface area contributed by atoms with E-state index in [1.54, 1.807) is 0 Å². The van der Waals surface area contributed by atoms with E-state index in [0.717, 1.165) is 18.9 Å². The highest BCUT2D eigenvalue weighted by Crippen LogP contribution is 2.14. The normalized spacial score (nSPS) is 12.7. The van der Waals surface area contributed by atoms with Crippen LogP contribution in [0.5, 0.6) is 0 Å². The van der Waals surface area contributed by atoms with Crippen molar-refractivity contribution < 1.29 is 13.9 Å². The minimum absolute atomic E-state index is 0.322. The van der Waals surface area contributed by atoms with Crippen LogP contribution < -0.4 is 0 Å². The maximum atomic E-state index is 12.9. The first kappa shape index (κ1) is 15.1. The third kappa shape index (κ3) is 6.10. The van der Waals surface area contributed by atoms with Crippen LogP contribution in [0.4, 0.5) is 8.78 Å². The molecule has 0 saturated heterocycles. The summed E-state index contributed by atoms with van der Waals surface area (Å²) in [5.74, 6) is -1.17. The van der Waals surface area contributed by atoms with E-state index in [1.165, 1.54) is 31.4 Å². The zero-order valence-electron chi connectivity index (χ0n) is 11.0. The number of benzene rings is 1. The van der Waals surface area contributed by atoms with Gasteiger partial charge in [-0.15, -0.1) is 0 Å². The van der Waals surface area contributed by atoms with Gasteiger partial charge in [0.25, 0.3) is 0 Å². The van der Waals surface area contributed by atoms with Gasteiger partial charge in [-0.05, 0) is 30.5 Å². The monoisotopic (exact) mass is 256 g/mol. The van der Waals surface area contributed by atoms with Gasteiger partial charge < -0.3 is 5.11 Å². The zero-order chi connectivity index (χ0) is 13.4. The lowest BCUT2D eigenvalue weighted by Crippen LogP contribution is -2.10. The zero-order valence-corrected chi connectivity index (χ0v) is 11.0. The summed E-state index contributed by atoms with van der Waals surface area (Å²) in [5, 5.41) is 9.80. The van der Waals surface area contributed by atoms with E-state index < -0.39 is 17.7 Å². The van der Waals surface area contributed by atoms with E-state index in [1.807, 2.05) is 0 Å². The SMILES string of the molecule is CCCCCCCC(O)Cc1cc(F)cc(F)c1. The highest BCUT2D eigenvalue weighted by Gasteiger charge is 2.07. The predicted octanol–water partition coefficient (Wildman–Crippen LogP) is 4.23. The molecule has 1 unspecified atom stereocenters. The molecule has 3 heteroatoms. The van der Waals surface area contributed by atoms with Crippen LogP contribution in [0.15, 0.2) is 18.2 Å². The molecular weight excluding hydrogens is 234 g/mol. The molecule has 0 aliphatic carbocycles. The van der Waals surface area contributed by atoms with Crippen molar-refractivity contribution >= 4 is 0 Å². The van der Waals surface area contributed by atoms with E-state index in [-0.39, 0.29) is 0 Å². The lowest BCUT2D eigenvalue weighted by Gasteiger charge is -2.10. The van der Waals surface area contributed by atoms with Gasteiger partial charge in [0.15, 0.2) is 0 Å². The smallest absolute Gasteiger partial charge is 0.126 e. The Labute approximate surface area is 108 Å². The molecule has 1 nitrogen and oxygen atoms in total. The fourth-order valence-corrected chi connectivity index (χ4v) is 2.09. The van der Waals surface area contributed by atoms with E-state index >= 15 is 0 Å². The summed E-state index contributed by atoms with van der Waals surface area (Å²) in [6, 6.07) is 3.41. The van der Waals surface area contributed by atoms with Crippen molar-refractivity contribution in [2.24, 2.45) is 0 Å². The summed E-state index contributed by atoms with van der Waals surface area (Å²) >= 11 is 0. The van der Waals surface area contributed by atoms with Gasteiger partial charge in [-0.2, -0.15) is 0 Å². The summed E-state index contributed by atoms with van der Waals surface area (Å²) in [7, 11) is 0. The van der Waals surface area contributed by atoms with Gasteiger partial charge in [-0.25, -0.2) is 8.78 Å². The number of rotatable bonds is 8. The fraction of sp³-hybridized carbons (Fsp3) is 0.600. The molecule has 0 radical (unpaired) electrons. The largest absolute Gasteiger partial charge is 0.393 e. The fourth-order valence-electron chi connectivity index (χ4n) is 2.09. The molecule has 0 saturated carbocycles. The van der Waals surface area contributed by atoms with Crippen LogP contribution in [-0.2, 0) is 6.42 Å². The van der Waals surface area contributed by atoms with E-state index in [4.69, 9.17) is 0 Å². The van der Waals surface area contributed by atoms with Crippen molar-refractivity contribution in [3.63, 3.8) is 0 Å². The van der Waals surface area contributed by atoms with Crippen molar-refractivity contribution in [2.75, 3.05) is 0 Å². The van der Waals surface area contributed by atoms with Crippen LogP contribution in [0.1, 0.15) is 51.0 Å². The highest BCUT2D eigenvalue weighted by atomic mass is 19.1. The molecule has 18 heavy (non-hydrogen) atoms. The average molecular weight is 256 g/mol. The molecule has 1 aromatic carbocycles. The summed E-state index contributed by atoms with van der Waals surface area (Å²) in [4.78, 5) is 0. The van der Waals surface area contributed by atoms with Gasteiger partial charge in [-0.1, -0.05) is 39.0 Å². The van der Waals surface area contributed by atoms with Crippen molar-refractivity contribution in [1.82, 2.24) is 0 Å². The first-order valence-electron chi connectivity index (χ1n) is 6.75. The van der Waals surface area contributed by atoms with Gasteiger partial charge >= 0.3 is 0 Å². The minimum atomic E-state index is -0.583. The first-order valence-corrected chi connectivity index (χ1v) is 6.75. The topological polar surface area (TPSA) is 20.2 Å². The molecule has 0 fully saturated rings. The molecule has 1 rings (SSSR count). The van der Waals surface area contributed by atoms with Crippen LogP contribution in [-0.4, -0.2) is 11.2 Å². The van der Waals surface area contributed by atoms with Crippen molar-refractivity contribution in [1.29, 1.82) is 0 Å². The van der Waals surface area contributed by atoms with Gasteiger partial charge in [-0.3, -0.25) is 0 Å². The van der Waals surface area contributed by atoms with Crippen LogP contribution in [0.3, 0.4) is 0 Å². The molecule has 0 amide bonds. The Hall–Kier alpha value is -0.960. The van der Waals surface area contributed by atoms with E-state index in [9.17, 15) is 13.9 Å². The lowest BCUT2D eigenvalue weighted by atomic mass is 10.0. The Morgan fingerprint density at radius 2 is 1.61 bits per heavy atom. The second-order valence-electron chi connectivity index (χ2n) is 4.84. The number of aliphatic hydroxyl groups excluding tert-OH is 1. The standard InChI is InChI=1S/C15H22F2O/c1-2-3-4-5-6-7-15(18)10-12-8-13(16)11-14(17)9-12/h8-9,11,15,18H,2-7,10H2,1H3. The number of halogens is 2. The molecule has 102 valence electrons. The van der Waals surface area contributed by atoms with Gasteiger partial charge in [0, 0.05) is 6.07 Å². The minimum Gasteiger partial charge on any atom is -0.393 e. The Bertz CT molecular complexity index is 332. The Morgan fingerprint density at radius 1 is 1.00 bits per heavy atom. The molecule has 0 heterocycles. The molecule has 0 aliphatic heterocycles. The molecule has 0 spiro atoms. The van der Waals surface area contributed by atoms with Crippen LogP contribution in [0.25, 0.3) is 0 Å². The van der Waals surface area contributed by atoms with Crippen LogP contribution in [0.2, 0.25) is 0 Å². The highest BCUT2D eigenvalue weighted by molar-refractivity contribution is 5.18. The van der Waals surface area contributed by atoms with Crippen LogP contribution in [0, 0.1) is 11.6 Å². The summed E-state index contributed by atoms with van der Waals surface area (Å²) < 4.78 is 25.9. The maximum absolute atomic E-state index is 12.9. The van der Waals surface area contributed by atoms with Gasteiger partial charge in [0.2, 0.25) is 0 Å². The van der Waals surface area contributed by atoms with Gasteiger partial charge in [0.1, 0.15) is 11.6 Å². The Balaban J connectivity index is 2.28. The molecular formula is C15H22F2O. The number of hydrogen-bond acceptors (Lipinski definition) is 1. The quantitative estimate of drug-likeness (QED) is 0.690.